The van der Waals surface area contributed by atoms with Crippen LogP contribution in [-0.2, 0) is 0 Å². The molecule has 0 bridgehead atoms. The molecule has 28 heavy (non-hydrogen) atoms. The van der Waals surface area contributed by atoms with Crippen molar-refractivity contribution >= 4 is 11.5 Å². The van der Waals surface area contributed by atoms with Crippen LogP contribution in [-0.4, -0.2) is 60.9 Å². The van der Waals surface area contributed by atoms with E-state index in [0.29, 0.717) is 23.6 Å². The third-order valence-electron chi connectivity index (χ3n) is 5.43. The maximum atomic E-state index is 13.0. The van der Waals surface area contributed by atoms with E-state index in [2.05, 4.69) is 30.3 Å². The van der Waals surface area contributed by atoms with Gasteiger partial charge in [-0.2, -0.15) is 5.10 Å². The van der Waals surface area contributed by atoms with Crippen LogP contribution in [0.4, 0.5) is 14.6 Å². The Morgan fingerprint density at radius 1 is 1.21 bits per heavy atom. The van der Waals surface area contributed by atoms with Gasteiger partial charge in [0.15, 0.2) is 5.65 Å². The summed E-state index contributed by atoms with van der Waals surface area (Å²) in [6.45, 7) is 2.15. The number of anilines is 1. The number of imidazole rings is 1. The lowest BCUT2D eigenvalue weighted by Gasteiger charge is -2.37. The summed E-state index contributed by atoms with van der Waals surface area (Å²) in [6.07, 6.45) is 1.98. The van der Waals surface area contributed by atoms with Crippen molar-refractivity contribution in [3.8, 4) is 11.4 Å². The average Bonchev–Trinajstić information content (AvgIpc) is 3.34. The van der Waals surface area contributed by atoms with E-state index in [1.807, 2.05) is 0 Å². The molecule has 2 N–H and O–H groups in total. The molecule has 2 fully saturated rings. The molecule has 146 valence electrons. The molecule has 8 nitrogen and oxygen atoms in total. The molecule has 1 aliphatic carbocycles. The number of nitrogens with one attached hydrogen (secondary N) is 1. The first-order valence-electron chi connectivity index (χ1n) is 9.19. The summed E-state index contributed by atoms with van der Waals surface area (Å²) in [5.74, 6) is 0.723. The van der Waals surface area contributed by atoms with Crippen molar-refractivity contribution in [2.45, 2.75) is 30.9 Å². The van der Waals surface area contributed by atoms with Gasteiger partial charge in [0.25, 0.3) is 6.43 Å². The van der Waals surface area contributed by atoms with Crippen molar-refractivity contribution in [3.05, 3.63) is 36.4 Å². The number of piperazine rings is 1. The summed E-state index contributed by atoms with van der Waals surface area (Å²) < 4.78 is 27.4. The van der Waals surface area contributed by atoms with E-state index < -0.39 is 12.0 Å². The Balaban J connectivity index is 1.47. The molecule has 4 heterocycles. The zero-order valence-corrected chi connectivity index (χ0v) is 15.0. The number of hydrogen-bond donors (Lipinski definition) is 2. The van der Waals surface area contributed by atoms with Crippen molar-refractivity contribution in [1.82, 2.24) is 29.9 Å². The number of fused-ring (bicyclic) bond motifs is 1. The summed E-state index contributed by atoms with van der Waals surface area (Å²) in [5, 5.41) is 17.8. The van der Waals surface area contributed by atoms with Crippen LogP contribution in [0.25, 0.3) is 17.0 Å². The lowest BCUT2D eigenvalue weighted by Crippen LogP contribution is -2.57. The number of hydrogen-bond acceptors (Lipinski definition) is 7. The predicted octanol–water partition coefficient (Wildman–Crippen LogP) is 1.43. The molecule has 1 saturated heterocycles. The molecular weight excluding hydrogens is 368 g/mol. The molecule has 0 amide bonds. The Morgan fingerprint density at radius 2 is 2.07 bits per heavy atom. The van der Waals surface area contributed by atoms with Gasteiger partial charge in [-0.25, -0.2) is 28.2 Å². The third-order valence-corrected chi connectivity index (χ3v) is 5.43. The van der Waals surface area contributed by atoms with E-state index in [4.69, 9.17) is 0 Å². The fourth-order valence-corrected chi connectivity index (χ4v) is 3.63. The molecule has 10 heteroatoms. The van der Waals surface area contributed by atoms with E-state index in [0.717, 1.165) is 31.7 Å². The van der Waals surface area contributed by atoms with Gasteiger partial charge in [0.2, 0.25) is 0 Å². The SMILES string of the molecule is OC1([C@@H]2CN(c3cc(-c4cnc5ccc(C(F)F)nn45)ncn3)CCN2)CC1. The first-order valence-corrected chi connectivity index (χ1v) is 9.19. The van der Waals surface area contributed by atoms with Gasteiger partial charge in [0.05, 0.1) is 23.5 Å². The minimum atomic E-state index is -2.66. The molecule has 0 radical (unpaired) electrons. The second-order valence-corrected chi connectivity index (χ2v) is 7.29. The number of halogens is 2. The first-order chi connectivity index (χ1) is 13.5. The van der Waals surface area contributed by atoms with Crippen LogP contribution < -0.4 is 10.2 Å². The summed E-state index contributed by atoms with van der Waals surface area (Å²) in [5.41, 5.74) is 0.609. The normalized spacial score (nSPS) is 21.4. The molecule has 3 aromatic rings. The van der Waals surface area contributed by atoms with Gasteiger partial charge in [0, 0.05) is 25.7 Å². The van der Waals surface area contributed by atoms with Crippen molar-refractivity contribution in [3.63, 3.8) is 0 Å². The lowest BCUT2D eigenvalue weighted by atomic mass is 10.1. The van der Waals surface area contributed by atoms with Crippen LogP contribution in [0.2, 0.25) is 0 Å². The molecule has 0 spiro atoms. The Labute approximate surface area is 159 Å². The number of aromatic nitrogens is 5. The lowest BCUT2D eigenvalue weighted by molar-refractivity contribution is 0.0995. The summed E-state index contributed by atoms with van der Waals surface area (Å²) in [4.78, 5) is 15.0. The van der Waals surface area contributed by atoms with Gasteiger partial charge < -0.3 is 15.3 Å². The maximum absolute atomic E-state index is 13.0. The number of rotatable bonds is 4. The van der Waals surface area contributed by atoms with Crippen LogP contribution in [0.5, 0.6) is 0 Å². The minimum absolute atomic E-state index is 0.00530. The molecule has 0 aromatic carbocycles. The average molecular weight is 387 g/mol. The Kier molecular flexibility index (Phi) is 3.98. The Hall–Kier alpha value is -2.72. The first kappa shape index (κ1) is 17.4. The zero-order valence-electron chi connectivity index (χ0n) is 15.0. The monoisotopic (exact) mass is 387 g/mol. The zero-order chi connectivity index (χ0) is 19.3. The smallest absolute Gasteiger partial charge is 0.282 e. The van der Waals surface area contributed by atoms with E-state index in [1.165, 1.54) is 23.0 Å². The molecular formula is C18H19F2N7O. The Morgan fingerprint density at radius 3 is 2.86 bits per heavy atom. The molecule has 1 aliphatic heterocycles. The van der Waals surface area contributed by atoms with Gasteiger partial charge in [-0.15, -0.1) is 0 Å². The topological polar surface area (TPSA) is 91.5 Å². The van der Waals surface area contributed by atoms with Crippen LogP contribution in [0.1, 0.15) is 25.0 Å². The van der Waals surface area contributed by atoms with E-state index in [9.17, 15) is 13.9 Å². The van der Waals surface area contributed by atoms with Crippen LogP contribution in [0.15, 0.2) is 30.7 Å². The van der Waals surface area contributed by atoms with Gasteiger partial charge in [-0.3, -0.25) is 0 Å². The van der Waals surface area contributed by atoms with Crippen LogP contribution >= 0.6 is 0 Å². The predicted molar refractivity (Wildman–Crippen MR) is 97.2 cm³/mol. The Bertz CT molecular complexity index is 1020. The fourth-order valence-electron chi connectivity index (χ4n) is 3.63. The standard InChI is InChI=1S/C18H19F2N7O/c19-17(20)11-1-2-15-22-8-13(27(15)25-11)12-7-16(24-10-23-12)26-6-5-21-14(9-26)18(28)3-4-18/h1-2,7-8,10,14,17,21,28H,3-6,9H2/t14-/m0/s1. The summed E-state index contributed by atoms with van der Waals surface area (Å²) in [6, 6.07) is 4.59. The van der Waals surface area contributed by atoms with Crippen molar-refractivity contribution in [1.29, 1.82) is 0 Å². The second-order valence-electron chi connectivity index (χ2n) is 7.29. The molecule has 0 unspecified atom stereocenters. The highest BCUT2D eigenvalue weighted by molar-refractivity contribution is 5.62. The quantitative estimate of drug-likeness (QED) is 0.700. The van der Waals surface area contributed by atoms with E-state index in [-0.39, 0.29) is 11.7 Å². The second kappa shape index (κ2) is 6.42. The van der Waals surface area contributed by atoms with Crippen molar-refractivity contribution in [2.75, 3.05) is 24.5 Å². The van der Waals surface area contributed by atoms with Crippen LogP contribution in [0.3, 0.4) is 0 Å². The maximum Gasteiger partial charge on any atom is 0.282 e. The minimum Gasteiger partial charge on any atom is -0.388 e. The molecule has 3 aromatic heterocycles. The summed E-state index contributed by atoms with van der Waals surface area (Å²) >= 11 is 0. The fraction of sp³-hybridized carbons (Fsp3) is 0.444. The highest BCUT2D eigenvalue weighted by atomic mass is 19.3. The van der Waals surface area contributed by atoms with Gasteiger partial charge in [-0.1, -0.05) is 0 Å². The molecule has 1 atom stereocenters. The van der Waals surface area contributed by atoms with Gasteiger partial charge in [-0.05, 0) is 25.0 Å². The highest BCUT2D eigenvalue weighted by Gasteiger charge is 2.49. The van der Waals surface area contributed by atoms with E-state index in [1.54, 1.807) is 12.3 Å². The van der Waals surface area contributed by atoms with E-state index >= 15 is 0 Å². The summed E-state index contributed by atoms with van der Waals surface area (Å²) in [7, 11) is 0. The number of alkyl halides is 2. The van der Waals surface area contributed by atoms with Gasteiger partial charge in [0.1, 0.15) is 23.5 Å². The van der Waals surface area contributed by atoms with Crippen LogP contribution in [0, 0.1) is 0 Å². The van der Waals surface area contributed by atoms with Crippen molar-refractivity contribution < 1.29 is 13.9 Å². The molecule has 5 rings (SSSR count). The molecule has 1 saturated carbocycles. The largest absolute Gasteiger partial charge is 0.388 e. The third kappa shape index (κ3) is 2.98. The van der Waals surface area contributed by atoms with Gasteiger partial charge >= 0.3 is 0 Å². The highest BCUT2D eigenvalue weighted by Crippen LogP contribution is 2.39. The molecule has 2 aliphatic rings. The number of nitrogens with zero attached hydrogens (tertiary/aromatic N) is 6. The number of aliphatic hydroxyl groups is 1. The van der Waals surface area contributed by atoms with Crippen molar-refractivity contribution in [2.24, 2.45) is 0 Å².